The first kappa shape index (κ1) is 17.4. The molecule has 1 aliphatic rings. The summed E-state index contributed by atoms with van der Waals surface area (Å²) < 4.78 is 14.0. The highest BCUT2D eigenvalue weighted by Gasteiger charge is 2.26. The Kier molecular flexibility index (Phi) is 5.85. The van der Waals surface area contributed by atoms with Crippen LogP contribution in [0.4, 0.5) is 0 Å². The van der Waals surface area contributed by atoms with Crippen LogP contribution in [-0.2, 0) is 6.42 Å². The minimum Gasteiger partial charge on any atom is -0.492 e. The third-order valence-corrected chi connectivity index (χ3v) is 5.39. The van der Waals surface area contributed by atoms with Gasteiger partial charge in [0, 0.05) is 30.3 Å². The van der Waals surface area contributed by atoms with E-state index in [-0.39, 0.29) is 0 Å². The zero-order valence-corrected chi connectivity index (χ0v) is 15.6. The molecule has 24 heavy (non-hydrogen) atoms. The third-order valence-electron chi connectivity index (χ3n) is 4.13. The fraction of sp³-hybridized carbons (Fsp3) is 0.526. The molecule has 1 aliphatic heterocycles. The predicted molar refractivity (Wildman–Crippen MR) is 99.4 cm³/mol. The van der Waals surface area contributed by atoms with Crippen LogP contribution in [0.25, 0.3) is 11.3 Å². The van der Waals surface area contributed by atoms with Crippen LogP contribution in [0.5, 0.6) is 5.75 Å². The van der Waals surface area contributed by atoms with Crippen molar-refractivity contribution in [2.45, 2.75) is 45.3 Å². The van der Waals surface area contributed by atoms with Crippen LogP contribution >= 0.6 is 11.9 Å². The van der Waals surface area contributed by atoms with Gasteiger partial charge in [0.1, 0.15) is 12.4 Å². The van der Waals surface area contributed by atoms with Crippen molar-refractivity contribution >= 4 is 11.9 Å². The maximum Gasteiger partial charge on any atom is 0.167 e. The number of fused-ring (bicyclic) bond motifs is 1. The number of nitrogens with zero attached hydrogens (tertiary/aromatic N) is 2. The Hall–Kier alpha value is -1.46. The molecule has 0 amide bonds. The molecule has 1 aromatic carbocycles. The van der Waals surface area contributed by atoms with Gasteiger partial charge in [-0.3, -0.25) is 4.31 Å². The van der Waals surface area contributed by atoms with Crippen molar-refractivity contribution in [2.75, 3.05) is 19.7 Å². The number of rotatable bonds is 7. The van der Waals surface area contributed by atoms with Gasteiger partial charge in [-0.05, 0) is 32.3 Å². The molecule has 0 radical (unpaired) electrons. The molecule has 2 heterocycles. The van der Waals surface area contributed by atoms with E-state index < -0.39 is 0 Å². The lowest BCUT2D eigenvalue weighted by molar-refractivity contribution is 0.291. The van der Waals surface area contributed by atoms with E-state index >= 15 is 0 Å². The van der Waals surface area contributed by atoms with Crippen molar-refractivity contribution in [2.24, 2.45) is 0 Å². The Bertz CT molecular complexity index is 665. The molecule has 1 atom stereocenters. The van der Waals surface area contributed by atoms with Gasteiger partial charge in [-0.2, -0.15) is 0 Å². The molecule has 0 N–H and O–H groups in total. The molecule has 130 valence electrons. The van der Waals surface area contributed by atoms with Crippen molar-refractivity contribution in [1.29, 1.82) is 0 Å². The van der Waals surface area contributed by atoms with E-state index in [0.29, 0.717) is 5.25 Å². The van der Waals surface area contributed by atoms with Crippen molar-refractivity contribution in [1.82, 2.24) is 9.46 Å². The number of aryl methyl sites for hydroxylation is 1. The molecule has 1 aromatic heterocycles. The third kappa shape index (κ3) is 3.95. The van der Waals surface area contributed by atoms with Gasteiger partial charge >= 0.3 is 0 Å². The van der Waals surface area contributed by atoms with Crippen LogP contribution in [0, 0.1) is 6.92 Å². The molecule has 0 spiro atoms. The summed E-state index contributed by atoms with van der Waals surface area (Å²) in [4.78, 5) is 0. The van der Waals surface area contributed by atoms with E-state index in [1.165, 1.54) is 18.4 Å². The Labute approximate surface area is 148 Å². The number of ether oxygens (including phenoxy) is 1. The van der Waals surface area contributed by atoms with Crippen LogP contribution in [0.15, 0.2) is 28.8 Å². The van der Waals surface area contributed by atoms with Crippen molar-refractivity contribution in [3.63, 3.8) is 0 Å². The fourth-order valence-electron chi connectivity index (χ4n) is 3.10. The second-order valence-corrected chi connectivity index (χ2v) is 7.68. The van der Waals surface area contributed by atoms with E-state index in [1.54, 1.807) is 0 Å². The maximum atomic E-state index is 6.05. The minimum absolute atomic E-state index is 0.445. The summed E-state index contributed by atoms with van der Waals surface area (Å²) in [7, 11) is 0. The van der Waals surface area contributed by atoms with Gasteiger partial charge in [-0.1, -0.05) is 43.1 Å². The molecule has 4 nitrogen and oxygen atoms in total. The maximum absolute atomic E-state index is 6.05. The summed E-state index contributed by atoms with van der Waals surface area (Å²) in [5.74, 6) is 1.81. The quantitative estimate of drug-likeness (QED) is 0.678. The second kappa shape index (κ2) is 8.08. The molecule has 5 heteroatoms. The summed E-state index contributed by atoms with van der Waals surface area (Å²) in [5.41, 5.74) is 3.25. The average Bonchev–Trinajstić information content (AvgIpc) is 3.01. The van der Waals surface area contributed by atoms with Gasteiger partial charge in [0.15, 0.2) is 5.76 Å². The Morgan fingerprint density at radius 3 is 2.71 bits per heavy atom. The summed E-state index contributed by atoms with van der Waals surface area (Å²) in [6.45, 7) is 9.45. The highest BCUT2D eigenvalue weighted by molar-refractivity contribution is 7.97. The summed E-state index contributed by atoms with van der Waals surface area (Å²) >= 11 is 1.95. The SMILES string of the molecule is CCCN(CCC)SC1COc2cccc(-c3cc(C)no3)c2C1. The van der Waals surface area contributed by atoms with Crippen LogP contribution in [0.3, 0.4) is 0 Å². The van der Waals surface area contributed by atoms with Crippen LogP contribution < -0.4 is 4.74 Å². The number of aromatic nitrogens is 1. The van der Waals surface area contributed by atoms with Crippen LogP contribution in [-0.4, -0.2) is 34.4 Å². The standard InChI is InChI=1S/C19H26N2O2S/c1-4-9-21(10-5-2)24-15-12-17-16(19-11-14(3)20-23-19)7-6-8-18(17)22-13-15/h6-8,11,15H,4-5,9-10,12-13H2,1-3H3. The summed E-state index contributed by atoms with van der Waals surface area (Å²) in [6.07, 6.45) is 3.36. The monoisotopic (exact) mass is 346 g/mol. The second-order valence-electron chi connectivity index (χ2n) is 6.29. The van der Waals surface area contributed by atoms with Gasteiger partial charge in [0.05, 0.1) is 10.9 Å². The Balaban J connectivity index is 1.79. The first-order valence-corrected chi connectivity index (χ1v) is 9.65. The van der Waals surface area contributed by atoms with Crippen molar-refractivity contribution in [3.05, 3.63) is 35.5 Å². The first-order chi connectivity index (χ1) is 11.7. The van der Waals surface area contributed by atoms with Gasteiger partial charge < -0.3 is 9.26 Å². The molecule has 2 aromatic rings. The fourth-order valence-corrected chi connectivity index (χ4v) is 4.46. The predicted octanol–water partition coefficient (Wildman–Crippen LogP) is 4.72. The molecular formula is C19H26N2O2S. The van der Waals surface area contributed by atoms with Gasteiger partial charge in [-0.25, -0.2) is 0 Å². The summed E-state index contributed by atoms with van der Waals surface area (Å²) in [6, 6.07) is 8.18. The van der Waals surface area contributed by atoms with E-state index in [0.717, 1.165) is 48.9 Å². The molecule has 1 unspecified atom stereocenters. The van der Waals surface area contributed by atoms with E-state index in [1.807, 2.05) is 31.0 Å². The molecule has 0 saturated heterocycles. The Morgan fingerprint density at radius 1 is 1.25 bits per heavy atom. The molecule has 3 rings (SSSR count). The van der Waals surface area contributed by atoms with E-state index in [4.69, 9.17) is 9.26 Å². The molecule has 0 bridgehead atoms. The lowest BCUT2D eigenvalue weighted by atomic mass is 9.98. The largest absolute Gasteiger partial charge is 0.492 e. The lowest BCUT2D eigenvalue weighted by Gasteiger charge is -2.30. The highest BCUT2D eigenvalue weighted by atomic mass is 32.2. The average molecular weight is 346 g/mol. The summed E-state index contributed by atoms with van der Waals surface area (Å²) in [5, 5.41) is 4.47. The zero-order chi connectivity index (χ0) is 16.9. The highest BCUT2D eigenvalue weighted by Crippen LogP contribution is 2.37. The number of hydrogen-bond donors (Lipinski definition) is 0. The molecule has 0 saturated carbocycles. The van der Waals surface area contributed by atoms with Crippen LogP contribution in [0.1, 0.15) is 37.9 Å². The number of hydrogen-bond acceptors (Lipinski definition) is 5. The molecular weight excluding hydrogens is 320 g/mol. The zero-order valence-electron chi connectivity index (χ0n) is 14.7. The van der Waals surface area contributed by atoms with Crippen LogP contribution in [0.2, 0.25) is 0 Å². The first-order valence-electron chi connectivity index (χ1n) is 8.81. The lowest BCUT2D eigenvalue weighted by Crippen LogP contribution is -2.29. The Morgan fingerprint density at radius 2 is 2.04 bits per heavy atom. The van der Waals surface area contributed by atoms with Gasteiger partial charge in [0.25, 0.3) is 0 Å². The van der Waals surface area contributed by atoms with Gasteiger partial charge in [0.2, 0.25) is 0 Å². The van der Waals surface area contributed by atoms with E-state index in [9.17, 15) is 0 Å². The van der Waals surface area contributed by atoms with Gasteiger partial charge in [-0.15, -0.1) is 0 Å². The normalized spacial score (nSPS) is 16.9. The minimum atomic E-state index is 0.445. The smallest absolute Gasteiger partial charge is 0.167 e. The van der Waals surface area contributed by atoms with Crippen molar-refractivity contribution < 1.29 is 9.26 Å². The number of benzene rings is 1. The van der Waals surface area contributed by atoms with Crippen molar-refractivity contribution in [3.8, 4) is 17.1 Å². The molecule has 0 aliphatic carbocycles. The topological polar surface area (TPSA) is 38.5 Å². The molecule has 0 fully saturated rings. The van der Waals surface area contributed by atoms with E-state index in [2.05, 4.69) is 35.4 Å².